The van der Waals surface area contributed by atoms with Gasteiger partial charge in [0.25, 0.3) is 0 Å². The molecule has 4 nitrogen and oxygen atoms in total. The van der Waals surface area contributed by atoms with Gasteiger partial charge in [-0.25, -0.2) is 4.79 Å². The van der Waals surface area contributed by atoms with E-state index in [4.69, 9.17) is 5.11 Å². The molecular formula is C15H12INO3S. The van der Waals surface area contributed by atoms with Crippen molar-refractivity contribution in [2.75, 3.05) is 11.1 Å². The van der Waals surface area contributed by atoms with Crippen LogP contribution >= 0.6 is 34.4 Å². The number of benzene rings is 2. The van der Waals surface area contributed by atoms with E-state index in [0.29, 0.717) is 0 Å². The van der Waals surface area contributed by atoms with Gasteiger partial charge < -0.3 is 10.4 Å². The molecule has 6 heteroatoms. The Morgan fingerprint density at radius 1 is 1.14 bits per heavy atom. The molecule has 108 valence electrons. The Morgan fingerprint density at radius 3 is 2.48 bits per heavy atom. The van der Waals surface area contributed by atoms with Crippen LogP contribution in [0.25, 0.3) is 0 Å². The summed E-state index contributed by atoms with van der Waals surface area (Å²) in [6, 6.07) is 14.0. The number of carboxylic acid groups (broad SMARTS) is 1. The average molecular weight is 413 g/mol. The number of hydrogen-bond acceptors (Lipinski definition) is 3. The maximum Gasteiger partial charge on any atom is 0.335 e. The van der Waals surface area contributed by atoms with Gasteiger partial charge in [-0.3, -0.25) is 4.79 Å². The number of rotatable bonds is 5. The monoisotopic (exact) mass is 413 g/mol. The zero-order valence-electron chi connectivity index (χ0n) is 10.9. The maximum atomic E-state index is 11.8. The molecule has 2 aromatic carbocycles. The molecule has 0 unspecified atom stereocenters. The molecule has 2 N–H and O–H groups in total. The Balaban J connectivity index is 1.87. The number of hydrogen-bond donors (Lipinski definition) is 2. The van der Waals surface area contributed by atoms with Crippen molar-refractivity contribution in [3.05, 3.63) is 57.7 Å². The van der Waals surface area contributed by atoms with E-state index in [9.17, 15) is 9.59 Å². The minimum Gasteiger partial charge on any atom is -0.478 e. The summed E-state index contributed by atoms with van der Waals surface area (Å²) in [5.74, 6) is -0.773. The third-order valence-electron chi connectivity index (χ3n) is 2.58. The van der Waals surface area contributed by atoms with E-state index in [1.54, 1.807) is 12.1 Å². The quantitative estimate of drug-likeness (QED) is 0.580. The van der Waals surface area contributed by atoms with Crippen molar-refractivity contribution >= 4 is 51.9 Å². The Bertz CT molecular complexity index is 658. The lowest BCUT2D eigenvalue weighted by Crippen LogP contribution is -2.13. The molecule has 0 heterocycles. The van der Waals surface area contributed by atoms with Gasteiger partial charge in [0.1, 0.15) is 0 Å². The Labute approximate surface area is 140 Å². The van der Waals surface area contributed by atoms with Crippen molar-refractivity contribution in [3.63, 3.8) is 0 Å². The van der Waals surface area contributed by atoms with Gasteiger partial charge in [-0.2, -0.15) is 0 Å². The molecular weight excluding hydrogens is 401 g/mol. The molecule has 0 atom stereocenters. The summed E-state index contributed by atoms with van der Waals surface area (Å²) in [4.78, 5) is 23.4. The second-order valence-corrected chi connectivity index (χ2v) is 6.47. The maximum absolute atomic E-state index is 11.8. The predicted molar refractivity (Wildman–Crippen MR) is 91.9 cm³/mol. The van der Waals surface area contributed by atoms with Crippen molar-refractivity contribution in [2.24, 2.45) is 0 Å². The highest BCUT2D eigenvalue weighted by Gasteiger charge is 2.06. The molecule has 2 rings (SSSR count). The fourth-order valence-electron chi connectivity index (χ4n) is 1.61. The first-order valence-electron chi connectivity index (χ1n) is 6.06. The molecule has 2 aromatic rings. The van der Waals surface area contributed by atoms with Crippen LogP contribution in [0.2, 0.25) is 0 Å². The topological polar surface area (TPSA) is 66.4 Å². The Hall–Kier alpha value is -1.54. The number of thioether (sulfide) groups is 1. The van der Waals surface area contributed by atoms with Crippen LogP contribution in [0, 0.1) is 3.57 Å². The predicted octanol–water partition coefficient (Wildman–Crippen LogP) is 3.72. The SMILES string of the molecule is O=C(CSc1ccc(C(=O)O)cc1)Nc1cccc(I)c1. The molecule has 0 aliphatic carbocycles. The van der Waals surface area contributed by atoms with Crippen LogP contribution in [0.3, 0.4) is 0 Å². The molecule has 0 radical (unpaired) electrons. The second-order valence-electron chi connectivity index (χ2n) is 4.18. The van der Waals surface area contributed by atoms with Crippen LogP contribution in [0.4, 0.5) is 5.69 Å². The zero-order chi connectivity index (χ0) is 15.2. The molecule has 21 heavy (non-hydrogen) atoms. The fourth-order valence-corrected chi connectivity index (χ4v) is 2.85. The lowest BCUT2D eigenvalue weighted by molar-refractivity contribution is -0.113. The molecule has 0 bridgehead atoms. The van der Waals surface area contributed by atoms with Crippen LogP contribution < -0.4 is 5.32 Å². The van der Waals surface area contributed by atoms with Crippen molar-refractivity contribution in [3.8, 4) is 0 Å². The average Bonchev–Trinajstić information content (AvgIpc) is 2.45. The van der Waals surface area contributed by atoms with Gasteiger partial charge in [0, 0.05) is 14.2 Å². The first-order chi connectivity index (χ1) is 10.0. The molecule has 0 saturated carbocycles. The van der Waals surface area contributed by atoms with Crippen LogP contribution in [0.15, 0.2) is 53.4 Å². The Kier molecular flexibility index (Phi) is 5.63. The molecule has 0 aromatic heterocycles. The van der Waals surface area contributed by atoms with Crippen molar-refractivity contribution in [1.29, 1.82) is 0 Å². The van der Waals surface area contributed by atoms with Gasteiger partial charge >= 0.3 is 5.97 Å². The molecule has 0 spiro atoms. The third kappa shape index (κ3) is 5.05. The second kappa shape index (κ2) is 7.46. The van der Waals surface area contributed by atoms with Gasteiger partial charge in [-0.1, -0.05) is 6.07 Å². The van der Waals surface area contributed by atoms with E-state index in [-0.39, 0.29) is 17.2 Å². The highest BCUT2D eigenvalue weighted by atomic mass is 127. The van der Waals surface area contributed by atoms with Crippen molar-refractivity contribution < 1.29 is 14.7 Å². The molecule has 1 amide bonds. The number of aromatic carboxylic acids is 1. The first kappa shape index (κ1) is 15.8. The highest BCUT2D eigenvalue weighted by molar-refractivity contribution is 14.1. The van der Waals surface area contributed by atoms with Gasteiger partial charge in [0.15, 0.2) is 0 Å². The van der Waals surface area contributed by atoms with E-state index in [0.717, 1.165) is 14.2 Å². The number of amides is 1. The summed E-state index contributed by atoms with van der Waals surface area (Å²) >= 11 is 3.55. The summed E-state index contributed by atoms with van der Waals surface area (Å²) in [6.45, 7) is 0. The van der Waals surface area contributed by atoms with E-state index < -0.39 is 5.97 Å². The molecule has 0 aliphatic rings. The summed E-state index contributed by atoms with van der Waals surface area (Å²) in [5, 5.41) is 11.6. The summed E-state index contributed by atoms with van der Waals surface area (Å²) in [5.41, 5.74) is 1.01. The van der Waals surface area contributed by atoms with E-state index >= 15 is 0 Å². The smallest absolute Gasteiger partial charge is 0.335 e. The molecule has 0 aliphatic heterocycles. The zero-order valence-corrected chi connectivity index (χ0v) is 13.8. The summed E-state index contributed by atoms with van der Waals surface area (Å²) < 4.78 is 1.06. The van der Waals surface area contributed by atoms with Crippen LogP contribution in [-0.4, -0.2) is 22.7 Å². The van der Waals surface area contributed by atoms with Crippen molar-refractivity contribution in [1.82, 2.24) is 0 Å². The molecule has 0 fully saturated rings. The number of carboxylic acids is 1. The largest absolute Gasteiger partial charge is 0.478 e. The Morgan fingerprint density at radius 2 is 1.86 bits per heavy atom. The first-order valence-corrected chi connectivity index (χ1v) is 8.12. The van der Waals surface area contributed by atoms with E-state index in [2.05, 4.69) is 27.9 Å². The minimum absolute atomic E-state index is 0.0932. The number of carbonyl (C=O) groups excluding carboxylic acids is 1. The van der Waals surface area contributed by atoms with Gasteiger partial charge in [-0.05, 0) is 65.1 Å². The van der Waals surface area contributed by atoms with Gasteiger partial charge in [0.05, 0.1) is 11.3 Å². The normalized spacial score (nSPS) is 10.1. The van der Waals surface area contributed by atoms with Gasteiger partial charge in [-0.15, -0.1) is 11.8 Å². The van der Waals surface area contributed by atoms with Gasteiger partial charge in [0.2, 0.25) is 5.91 Å². The summed E-state index contributed by atoms with van der Waals surface area (Å²) in [6.07, 6.45) is 0. The standard InChI is InChI=1S/C15H12INO3S/c16-11-2-1-3-12(8-11)17-14(18)9-21-13-6-4-10(5-7-13)15(19)20/h1-8H,9H2,(H,17,18)(H,19,20). The lowest BCUT2D eigenvalue weighted by Gasteiger charge is -2.06. The molecule has 0 saturated heterocycles. The lowest BCUT2D eigenvalue weighted by atomic mass is 10.2. The minimum atomic E-state index is -0.956. The highest BCUT2D eigenvalue weighted by Crippen LogP contribution is 2.19. The fraction of sp³-hybridized carbons (Fsp3) is 0.0667. The van der Waals surface area contributed by atoms with Crippen LogP contribution in [0.5, 0.6) is 0 Å². The third-order valence-corrected chi connectivity index (χ3v) is 4.26. The number of anilines is 1. The van der Waals surface area contributed by atoms with Crippen LogP contribution in [-0.2, 0) is 4.79 Å². The number of halogens is 1. The number of nitrogens with one attached hydrogen (secondary N) is 1. The summed E-state index contributed by atoms with van der Waals surface area (Å²) in [7, 11) is 0. The van der Waals surface area contributed by atoms with E-state index in [1.807, 2.05) is 24.3 Å². The number of carbonyl (C=O) groups is 2. The van der Waals surface area contributed by atoms with Crippen LogP contribution in [0.1, 0.15) is 10.4 Å². The van der Waals surface area contributed by atoms with Crippen molar-refractivity contribution in [2.45, 2.75) is 4.90 Å². The van der Waals surface area contributed by atoms with E-state index in [1.165, 1.54) is 23.9 Å².